The molecule has 5 rings (SSSR count). The van der Waals surface area contributed by atoms with E-state index in [0.29, 0.717) is 5.69 Å². The summed E-state index contributed by atoms with van der Waals surface area (Å²) in [4.78, 5) is 20.4. The van der Waals surface area contributed by atoms with Crippen LogP contribution in [-0.2, 0) is 10.0 Å². The van der Waals surface area contributed by atoms with Gasteiger partial charge < -0.3 is 10.2 Å². The van der Waals surface area contributed by atoms with Crippen molar-refractivity contribution in [2.24, 2.45) is 0 Å². The topological polar surface area (TPSA) is 84.3 Å². The number of rotatable bonds is 3. The van der Waals surface area contributed by atoms with E-state index in [0.717, 1.165) is 55.3 Å². The first-order valence-corrected chi connectivity index (χ1v) is 12.5. The number of benzene rings is 1. The lowest BCUT2D eigenvalue weighted by atomic mass is 9.88. The van der Waals surface area contributed by atoms with Crippen LogP contribution in [0.3, 0.4) is 0 Å². The Bertz CT molecular complexity index is 1030. The van der Waals surface area contributed by atoms with Crippen molar-refractivity contribution in [3.05, 3.63) is 36.3 Å². The SMILES string of the molecule is O=C(c1ncn2c1Nc1ccccc1S2(=O)=O)N(C1CCCCC1)C1CCCCC1. The zero-order valence-corrected chi connectivity index (χ0v) is 17.9. The fourth-order valence-corrected chi connectivity index (χ4v) is 6.69. The molecule has 0 spiro atoms. The van der Waals surface area contributed by atoms with Gasteiger partial charge in [0.2, 0.25) is 0 Å². The van der Waals surface area contributed by atoms with Crippen molar-refractivity contribution < 1.29 is 13.2 Å². The molecular formula is C22H28N4O3S. The lowest BCUT2D eigenvalue weighted by molar-refractivity contribution is 0.0444. The maximum atomic E-state index is 13.8. The monoisotopic (exact) mass is 428 g/mol. The summed E-state index contributed by atoms with van der Waals surface area (Å²) in [5.74, 6) is 0.125. The van der Waals surface area contributed by atoms with E-state index in [9.17, 15) is 13.2 Å². The van der Waals surface area contributed by atoms with Gasteiger partial charge in [0.15, 0.2) is 11.5 Å². The number of carbonyl (C=O) groups excluding carboxylic acids is 1. The van der Waals surface area contributed by atoms with Crippen molar-refractivity contribution in [3.63, 3.8) is 0 Å². The fourth-order valence-electron chi connectivity index (χ4n) is 5.29. The second-order valence-electron chi connectivity index (χ2n) is 8.66. The molecule has 8 heteroatoms. The molecule has 0 bridgehead atoms. The number of amides is 1. The van der Waals surface area contributed by atoms with Crippen LogP contribution in [0.2, 0.25) is 0 Å². The molecule has 3 aliphatic rings. The van der Waals surface area contributed by atoms with Gasteiger partial charge in [-0.15, -0.1) is 0 Å². The van der Waals surface area contributed by atoms with Gasteiger partial charge in [-0.05, 0) is 37.8 Å². The van der Waals surface area contributed by atoms with Gasteiger partial charge in [0.25, 0.3) is 15.9 Å². The number of hydrogen-bond donors (Lipinski definition) is 1. The number of imidazole rings is 1. The number of fused-ring (bicyclic) bond motifs is 2. The molecule has 0 atom stereocenters. The highest BCUT2D eigenvalue weighted by Crippen LogP contribution is 2.37. The molecule has 2 saturated carbocycles. The summed E-state index contributed by atoms with van der Waals surface area (Å²) in [6.07, 6.45) is 12.4. The molecule has 160 valence electrons. The van der Waals surface area contributed by atoms with E-state index in [1.165, 1.54) is 19.2 Å². The van der Waals surface area contributed by atoms with E-state index in [1.54, 1.807) is 24.3 Å². The standard InChI is InChI=1S/C22H28N4O3S/c27-22(26(16-9-3-1-4-10-16)17-11-5-2-6-12-17)20-21-24-18-13-7-8-14-19(18)30(28,29)25(21)15-23-20/h7-8,13-17,24H,1-6,9-12H2. The van der Waals surface area contributed by atoms with Gasteiger partial charge in [0, 0.05) is 12.1 Å². The van der Waals surface area contributed by atoms with E-state index >= 15 is 0 Å². The summed E-state index contributed by atoms with van der Waals surface area (Å²) in [5.41, 5.74) is 0.700. The molecule has 1 aromatic carbocycles. The third-order valence-corrected chi connectivity index (χ3v) is 8.49. The summed E-state index contributed by atoms with van der Waals surface area (Å²) in [7, 11) is -3.77. The smallest absolute Gasteiger partial charge is 0.276 e. The third kappa shape index (κ3) is 3.21. The van der Waals surface area contributed by atoms with Crippen molar-refractivity contribution in [2.75, 3.05) is 5.32 Å². The number of nitrogens with one attached hydrogen (secondary N) is 1. The Morgan fingerprint density at radius 2 is 1.57 bits per heavy atom. The normalized spacial score (nSPS) is 21.3. The molecule has 2 aliphatic carbocycles. The molecule has 0 unspecified atom stereocenters. The first kappa shape index (κ1) is 19.6. The van der Waals surface area contributed by atoms with E-state index in [2.05, 4.69) is 15.2 Å². The fraction of sp³-hybridized carbons (Fsp3) is 0.545. The van der Waals surface area contributed by atoms with Crippen LogP contribution in [0.15, 0.2) is 35.5 Å². The predicted molar refractivity (Wildman–Crippen MR) is 114 cm³/mol. The lowest BCUT2D eigenvalue weighted by Gasteiger charge is -2.41. The average Bonchev–Trinajstić information content (AvgIpc) is 3.20. The first-order valence-electron chi connectivity index (χ1n) is 11.1. The maximum absolute atomic E-state index is 13.8. The van der Waals surface area contributed by atoms with Gasteiger partial charge in [-0.25, -0.2) is 17.4 Å². The van der Waals surface area contributed by atoms with Gasteiger partial charge in [0.05, 0.1) is 5.69 Å². The predicted octanol–water partition coefficient (Wildman–Crippen LogP) is 4.28. The molecule has 1 N–H and O–H groups in total. The third-order valence-electron chi connectivity index (χ3n) is 6.79. The Balaban J connectivity index is 1.53. The highest BCUT2D eigenvalue weighted by Gasteiger charge is 2.38. The van der Waals surface area contributed by atoms with E-state index in [1.807, 2.05) is 0 Å². The number of carbonyl (C=O) groups is 1. The van der Waals surface area contributed by atoms with Crippen molar-refractivity contribution in [1.29, 1.82) is 0 Å². The van der Waals surface area contributed by atoms with Crippen LogP contribution in [0.25, 0.3) is 0 Å². The lowest BCUT2D eigenvalue weighted by Crippen LogP contribution is -2.49. The largest absolute Gasteiger partial charge is 0.338 e. The van der Waals surface area contributed by atoms with Crippen LogP contribution in [0.1, 0.15) is 74.7 Å². The number of para-hydroxylation sites is 1. The molecule has 30 heavy (non-hydrogen) atoms. The Labute approximate surface area is 177 Å². The Hall–Kier alpha value is -2.35. The summed E-state index contributed by atoms with van der Waals surface area (Å²) >= 11 is 0. The number of aromatic nitrogens is 2. The van der Waals surface area contributed by atoms with Gasteiger partial charge in [-0.1, -0.05) is 50.7 Å². The number of anilines is 2. The average molecular weight is 429 g/mol. The molecule has 0 radical (unpaired) electrons. The molecule has 1 aromatic heterocycles. The van der Waals surface area contributed by atoms with Gasteiger partial charge in [0.1, 0.15) is 11.2 Å². The summed E-state index contributed by atoms with van der Waals surface area (Å²) in [6, 6.07) is 7.21. The van der Waals surface area contributed by atoms with Crippen LogP contribution in [-0.4, -0.2) is 40.3 Å². The zero-order valence-electron chi connectivity index (χ0n) is 17.1. The zero-order chi connectivity index (χ0) is 20.7. The summed E-state index contributed by atoms with van der Waals surface area (Å²) < 4.78 is 27.2. The van der Waals surface area contributed by atoms with Gasteiger partial charge in [-0.2, -0.15) is 0 Å². The molecule has 1 aliphatic heterocycles. The first-order chi connectivity index (χ1) is 14.6. The van der Waals surface area contributed by atoms with Gasteiger partial charge in [-0.3, -0.25) is 4.79 Å². The molecule has 2 aromatic rings. The van der Waals surface area contributed by atoms with Crippen LogP contribution in [0.4, 0.5) is 11.5 Å². The number of hydrogen-bond acceptors (Lipinski definition) is 5. The summed E-state index contributed by atoms with van der Waals surface area (Å²) in [5, 5.41) is 3.16. The van der Waals surface area contributed by atoms with Crippen LogP contribution in [0, 0.1) is 0 Å². The minimum absolute atomic E-state index is 0.135. The van der Waals surface area contributed by atoms with Crippen molar-refractivity contribution in [2.45, 2.75) is 81.2 Å². The molecular weight excluding hydrogens is 400 g/mol. The highest BCUT2D eigenvalue weighted by atomic mass is 32.2. The second kappa shape index (κ2) is 7.72. The van der Waals surface area contributed by atoms with Crippen LogP contribution in [0.5, 0.6) is 0 Å². The van der Waals surface area contributed by atoms with Crippen LogP contribution < -0.4 is 5.32 Å². The Kier molecular flexibility index (Phi) is 5.05. The minimum atomic E-state index is -3.77. The minimum Gasteiger partial charge on any atom is -0.338 e. The second-order valence-corrected chi connectivity index (χ2v) is 10.4. The van der Waals surface area contributed by atoms with Crippen molar-refractivity contribution in [1.82, 2.24) is 13.9 Å². The van der Waals surface area contributed by atoms with E-state index in [4.69, 9.17) is 0 Å². The van der Waals surface area contributed by atoms with E-state index in [-0.39, 0.29) is 34.4 Å². The van der Waals surface area contributed by atoms with E-state index < -0.39 is 10.0 Å². The molecule has 1 amide bonds. The molecule has 7 nitrogen and oxygen atoms in total. The quantitative estimate of drug-likeness (QED) is 0.673. The number of nitrogens with zero attached hydrogens (tertiary/aromatic N) is 3. The summed E-state index contributed by atoms with van der Waals surface area (Å²) in [6.45, 7) is 0. The highest BCUT2D eigenvalue weighted by molar-refractivity contribution is 7.90. The van der Waals surface area contributed by atoms with Crippen molar-refractivity contribution >= 4 is 27.4 Å². The van der Waals surface area contributed by atoms with Crippen LogP contribution >= 0.6 is 0 Å². The van der Waals surface area contributed by atoms with Gasteiger partial charge >= 0.3 is 0 Å². The van der Waals surface area contributed by atoms with Crippen molar-refractivity contribution in [3.8, 4) is 0 Å². The Morgan fingerprint density at radius 1 is 0.967 bits per heavy atom. The Morgan fingerprint density at radius 3 is 2.20 bits per heavy atom. The molecule has 0 saturated heterocycles. The maximum Gasteiger partial charge on any atom is 0.276 e. The molecule has 2 fully saturated rings. The molecule has 2 heterocycles.